The van der Waals surface area contributed by atoms with Gasteiger partial charge in [0.2, 0.25) is 0 Å². The van der Waals surface area contributed by atoms with Crippen LogP contribution in [0.15, 0.2) is 41.4 Å². The van der Waals surface area contributed by atoms with E-state index in [9.17, 15) is 4.79 Å². The number of Topliss-reactive ketones (excluding diaryl/α,β-unsaturated/α-hetero) is 1. The van der Waals surface area contributed by atoms with Crippen molar-refractivity contribution >= 4 is 29.1 Å². The Bertz CT molecular complexity index is 695. The van der Waals surface area contributed by atoms with Crippen molar-refractivity contribution in [2.75, 3.05) is 5.75 Å². The molecule has 5 heteroatoms. The Morgan fingerprint density at radius 3 is 2.90 bits per heavy atom. The van der Waals surface area contributed by atoms with Crippen molar-refractivity contribution < 1.29 is 4.79 Å². The Hall–Kier alpha value is -1.83. The van der Waals surface area contributed by atoms with E-state index in [0.29, 0.717) is 21.2 Å². The largest absolute Gasteiger partial charge is 0.293 e. The lowest BCUT2D eigenvalue weighted by Gasteiger charge is -2.04. The van der Waals surface area contributed by atoms with Crippen LogP contribution in [0, 0.1) is 18.3 Å². The fraction of sp³-hybridized carbons (Fsp3) is 0.133. The third-order valence-corrected chi connectivity index (χ3v) is 3.83. The van der Waals surface area contributed by atoms with E-state index in [1.807, 2.05) is 6.92 Å². The monoisotopic (exact) mass is 302 g/mol. The second kappa shape index (κ2) is 6.56. The Kier molecular flexibility index (Phi) is 4.78. The highest BCUT2D eigenvalue weighted by Gasteiger charge is 2.10. The van der Waals surface area contributed by atoms with Gasteiger partial charge in [-0.3, -0.25) is 4.79 Å². The summed E-state index contributed by atoms with van der Waals surface area (Å²) < 4.78 is 0. The van der Waals surface area contributed by atoms with Gasteiger partial charge in [-0.25, -0.2) is 4.98 Å². The number of nitriles is 1. The van der Waals surface area contributed by atoms with Crippen LogP contribution in [0.4, 0.5) is 0 Å². The number of halogens is 1. The molecular weight excluding hydrogens is 292 g/mol. The highest BCUT2D eigenvalue weighted by molar-refractivity contribution is 8.00. The lowest BCUT2D eigenvalue weighted by molar-refractivity contribution is 0.102. The minimum Gasteiger partial charge on any atom is -0.293 e. The molecule has 0 aliphatic heterocycles. The number of thioether (sulfide) groups is 1. The summed E-state index contributed by atoms with van der Waals surface area (Å²) in [5, 5.41) is 10.1. The molecule has 100 valence electrons. The number of pyridine rings is 1. The number of nitrogens with zero attached hydrogens (tertiary/aromatic N) is 2. The van der Waals surface area contributed by atoms with E-state index in [2.05, 4.69) is 11.1 Å². The molecule has 0 aliphatic carbocycles. The van der Waals surface area contributed by atoms with E-state index in [0.717, 1.165) is 5.69 Å². The molecule has 0 atom stereocenters. The van der Waals surface area contributed by atoms with Crippen molar-refractivity contribution in [1.29, 1.82) is 5.26 Å². The minimum atomic E-state index is -0.0373. The zero-order valence-corrected chi connectivity index (χ0v) is 12.3. The number of aryl methyl sites for hydroxylation is 1. The van der Waals surface area contributed by atoms with Crippen LogP contribution in [0.2, 0.25) is 5.02 Å². The summed E-state index contributed by atoms with van der Waals surface area (Å²) in [5.41, 5.74) is 1.87. The van der Waals surface area contributed by atoms with Crippen molar-refractivity contribution in [3.05, 3.63) is 58.2 Å². The average Bonchev–Trinajstić information content (AvgIpc) is 2.45. The predicted octanol–water partition coefficient (Wildman–Crippen LogP) is 3.89. The summed E-state index contributed by atoms with van der Waals surface area (Å²) in [6.07, 6.45) is 0. The Morgan fingerprint density at radius 2 is 2.20 bits per heavy atom. The molecule has 0 amide bonds. The number of aromatic nitrogens is 1. The topological polar surface area (TPSA) is 53.8 Å². The molecule has 0 radical (unpaired) electrons. The number of benzene rings is 1. The number of rotatable bonds is 4. The Balaban J connectivity index is 2.11. The third kappa shape index (κ3) is 3.60. The molecule has 0 bridgehead atoms. The lowest BCUT2D eigenvalue weighted by atomic mass is 10.1. The second-order valence-corrected chi connectivity index (χ2v) is 5.54. The van der Waals surface area contributed by atoms with Gasteiger partial charge in [0.15, 0.2) is 5.78 Å². The normalized spacial score (nSPS) is 10.1. The first-order valence-electron chi connectivity index (χ1n) is 5.89. The first-order valence-corrected chi connectivity index (χ1v) is 7.26. The van der Waals surface area contributed by atoms with Crippen LogP contribution in [0.5, 0.6) is 0 Å². The molecule has 0 fully saturated rings. The van der Waals surface area contributed by atoms with Crippen LogP contribution < -0.4 is 0 Å². The minimum absolute atomic E-state index is 0.0373. The van der Waals surface area contributed by atoms with Crippen molar-refractivity contribution in [2.24, 2.45) is 0 Å². The van der Waals surface area contributed by atoms with E-state index in [1.165, 1.54) is 11.8 Å². The Labute approximate surface area is 126 Å². The Morgan fingerprint density at radius 1 is 1.40 bits per heavy atom. The van der Waals surface area contributed by atoms with E-state index in [1.54, 1.807) is 36.4 Å². The molecule has 20 heavy (non-hydrogen) atoms. The SMILES string of the molecule is Cc1ccc(C#N)c(SCC(=O)c2cccc(Cl)c2)n1. The predicted molar refractivity (Wildman–Crippen MR) is 80.2 cm³/mol. The highest BCUT2D eigenvalue weighted by Crippen LogP contribution is 2.22. The fourth-order valence-corrected chi connectivity index (χ4v) is 2.71. The molecule has 2 aromatic rings. The highest BCUT2D eigenvalue weighted by atomic mass is 35.5. The molecule has 1 heterocycles. The van der Waals surface area contributed by atoms with Crippen LogP contribution in [-0.2, 0) is 0 Å². The molecule has 1 aromatic carbocycles. The van der Waals surface area contributed by atoms with Gasteiger partial charge >= 0.3 is 0 Å². The number of hydrogen-bond donors (Lipinski definition) is 0. The number of ketones is 1. The smallest absolute Gasteiger partial charge is 0.173 e. The molecule has 0 N–H and O–H groups in total. The molecule has 0 spiro atoms. The van der Waals surface area contributed by atoms with Gasteiger partial charge in [-0.1, -0.05) is 35.5 Å². The van der Waals surface area contributed by atoms with Gasteiger partial charge in [-0.05, 0) is 31.2 Å². The fourth-order valence-electron chi connectivity index (χ4n) is 1.61. The standard InChI is InChI=1S/C15H11ClN2OS/c1-10-5-6-12(8-17)15(18-10)20-9-14(19)11-3-2-4-13(16)7-11/h2-7H,9H2,1H3. The summed E-state index contributed by atoms with van der Waals surface area (Å²) >= 11 is 7.13. The van der Waals surface area contributed by atoms with E-state index >= 15 is 0 Å². The van der Waals surface area contributed by atoms with Gasteiger partial charge in [-0.2, -0.15) is 5.26 Å². The molecule has 0 unspecified atom stereocenters. The summed E-state index contributed by atoms with van der Waals surface area (Å²) in [5.74, 6) is 0.190. The number of carbonyl (C=O) groups is 1. The number of carbonyl (C=O) groups excluding carboxylic acids is 1. The zero-order valence-electron chi connectivity index (χ0n) is 10.8. The molecule has 3 nitrogen and oxygen atoms in total. The summed E-state index contributed by atoms with van der Waals surface area (Å²) in [4.78, 5) is 16.4. The average molecular weight is 303 g/mol. The van der Waals surface area contributed by atoms with Gasteiger partial charge < -0.3 is 0 Å². The van der Waals surface area contributed by atoms with Crippen LogP contribution in [-0.4, -0.2) is 16.5 Å². The molecule has 0 aliphatic rings. The van der Waals surface area contributed by atoms with Gasteiger partial charge in [0.05, 0.1) is 11.3 Å². The summed E-state index contributed by atoms with van der Waals surface area (Å²) in [6, 6.07) is 12.4. The molecule has 0 saturated carbocycles. The van der Waals surface area contributed by atoms with E-state index in [4.69, 9.17) is 16.9 Å². The van der Waals surface area contributed by atoms with Crippen molar-refractivity contribution in [3.63, 3.8) is 0 Å². The summed E-state index contributed by atoms with van der Waals surface area (Å²) in [6.45, 7) is 1.85. The second-order valence-electron chi connectivity index (χ2n) is 4.14. The van der Waals surface area contributed by atoms with Crippen molar-refractivity contribution in [2.45, 2.75) is 11.9 Å². The van der Waals surface area contributed by atoms with Crippen LogP contribution in [0.25, 0.3) is 0 Å². The zero-order chi connectivity index (χ0) is 14.5. The van der Waals surface area contributed by atoms with E-state index < -0.39 is 0 Å². The van der Waals surface area contributed by atoms with Crippen LogP contribution in [0.1, 0.15) is 21.6 Å². The molecule has 0 saturated heterocycles. The molecular formula is C15H11ClN2OS. The van der Waals surface area contributed by atoms with Gasteiger partial charge in [-0.15, -0.1) is 0 Å². The van der Waals surface area contributed by atoms with Crippen LogP contribution >= 0.6 is 23.4 Å². The van der Waals surface area contributed by atoms with Crippen molar-refractivity contribution in [3.8, 4) is 6.07 Å². The third-order valence-electron chi connectivity index (χ3n) is 2.61. The maximum absolute atomic E-state index is 12.1. The molecule has 2 rings (SSSR count). The molecule has 1 aromatic heterocycles. The quantitative estimate of drug-likeness (QED) is 0.635. The van der Waals surface area contributed by atoms with Gasteiger partial charge in [0, 0.05) is 16.3 Å². The van der Waals surface area contributed by atoms with Gasteiger partial charge in [0.25, 0.3) is 0 Å². The maximum Gasteiger partial charge on any atom is 0.173 e. The first-order chi connectivity index (χ1) is 9.60. The van der Waals surface area contributed by atoms with Gasteiger partial charge in [0.1, 0.15) is 11.1 Å². The first kappa shape index (κ1) is 14.6. The van der Waals surface area contributed by atoms with Crippen molar-refractivity contribution in [1.82, 2.24) is 4.98 Å². The summed E-state index contributed by atoms with van der Waals surface area (Å²) in [7, 11) is 0. The van der Waals surface area contributed by atoms with Crippen LogP contribution in [0.3, 0.4) is 0 Å². The van der Waals surface area contributed by atoms with E-state index in [-0.39, 0.29) is 11.5 Å². The lowest BCUT2D eigenvalue weighted by Crippen LogP contribution is -2.03. The number of hydrogen-bond acceptors (Lipinski definition) is 4. The maximum atomic E-state index is 12.1.